The number of hydrogen-bond acceptors (Lipinski definition) is 5. The maximum absolute atomic E-state index is 12.3. The summed E-state index contributed by atoms with van der Waals surface area (Å²) < 4.78 is 29.8. The van der Waals surface area contributed by atoms with Gasteiger partial charge in [-0.25, -0.2) is 0 Å². The largest absolute Gasteiger partial charge is 0.481 e. The molecule has 0 bridgehead atoms. The topological polar surface area (TPSA) is 104 Å². The molecular weight excluding hydrogens is 318 g/mol. The van der Waals surface area contributed by atoms with Crippen molar-refractivity contribution >= 4 is 16.1 Å². The fraction of sp³-hybridized carbons (Fsp3) is 0.500. The molecular formula is C16H19NO5S. The molecule has 124 valence electrons. The standard InChI is InChI=1S/C16H19NO5S/c17-11-16(8-4-1-5-9-16)12-23(20,21)22-14-7-3-2-6-13(14)10-15(18)19/h2-3,6-7H,1,4-5,8-10,12H2,(H,18,19). The van der Waals surface area contributed by atoms with Crippen LogP contribution in [-0.4, -0.2) is 25.2 Å². The Bertz CT molecular complexity index is 714. The zero-order valence-corrected chi connectivity index (χ0v) is 13.5. The molecule has 0 saturated heterocycles. The Morgan fingerprint density at radius 1 is 1.26 bits per heavy atom. The zero-order valence-electron chi connectivity index (χ0n) is 12.7. The third-order valence-corrected chi connectivity index (χ3v) is 5.37. The van der Waals surface area contributed by atoms with E-state index in [-0.39, 0.29) is 17.9 Å². The van der Waals surface area contributed by atoms with Crippen LogP contribution in [-0.2, 0) is 21.3 Å². The first kappa shape index (κ1) is 17.3. The van der Waals surface area contributed by atoms with Gasteiger partial charge in [-0.15, -0.1) is 0 Å². The van der Waals surface area contributed by atoms with Crippen LogP contribution in [0.1, 0.15) is 37.7 Å². The normalized spacial score (nSPS) is 17.2. The van der Waals surface area contributed by atoms with Crippen molar-refractivity contribution < 1.29 is 22.5 Å². The van der Waals surface area contributed by atoms with Crippen LogP contribution in [0.5, 0.6) is 5.75 Å². The molecule has 23 heavy (non-hydrogen) atoms. The van der Waals surface area contributed by atoms with Gasteiger partial charge in [0.05, 0.1) is 17.9 Å². The first-order chi connectivity index (χ1) is 10.9. The van der Waals surface area contributed by atoms with Gasteiger partial charge in [-0.3, -0.25) is 4.79 Å². The lowest BCUT2D eigenvalue weighted by Crippen LogP contribution is -2.33. The minimum absolute atomic E-state index is 0.0128. The molecule has 0 unspecified atom stereocenters. The molecule has 2 rings (SSSR count). The van der Waals surface area contributed by atoms with E-state index in [0.717, 1.165) is 19.3 Å². The second kappa shape index (κ2) is 7.01. The Labute approximate surface area is 135 Å². The maximum Gasteiger partial charge on any atom is 0.310 e. The Hall–Kier alpha value is -2.07. The van der Waals surface area contributed by atoms with E-state index < -0.39 is 21.5 Å². The first-order valence-corrected chi connectivity index (χ1v) is 9.07. The average molecular weight is 337 g/mol. The second-order valence-corrected chi connectivity index (χ2v) is 7.49. The quantitative estimate of drug-likeness (QED) is 0.800. The summed E-state index contributed by atoms with van der Waals surface area (Å²) in [7, 11) is -3.98. The smallest absolute Gasteiger partial charge is 0.310 e. The van der Waals surface area contributed by atoms with E-state index in [2.05, 4.69) is 6.07 Å². The number of carboxylic acids is 1. The second-order valence-electron chi connectivity index (χ2n) is 5.92. The number of carbonyl (C=O) groups is 1. The van der Waals surface area contributed by atoms with Gasteiger partial charge in [0.2, 0.25) is 0 Å². The Morgan fingerprint density at radius 2 is 1.91 bits per heavy atom. The Balaban J connectivity index is 2.18. The molecule has 1 aromatic rings. The number of carboxylic acid groups (broad SMARTS) is 1. The molecule has 1 saturated carbocycles. The van der Waals surface area contributed by atoms with Gasteiger partial charge in [0.25, 0.3) is 0 Å². The van der Waals surface area contributed by atoms with Crippen molar-refractivity contribution in [2.75, 3.05) is 5.75 Å². The minimum Gasteiger partial charge on any atom is -0.481 e. The summed E-state index contributed by atoms with van der Waals surface area (Å²) in [5, 5.41) is 18.3. The van der Waals surface area contributed by atoms with Gasteiger partial charge in [-0.05, 0) is 18.9 Å². The summed E-state index contributed by atoms with van der Waals surface area (Å²) in [6.07, 6.45) is 3.43. The van der Waals surface area contributed by atoms with Crippen molar-refractivity contribution in [1.82, 2.24) is 0 Å². The SMILES string of the molecule is N#CC1(CS(=O)(=O)Oc2ccccc2CC(=O)O)CCCCC1. The predicted octanol–water partition coefficient (Wildman–Crippen LogP) is 2.50. The molecule has 0 radical (unpaired) electrons. The highest BCUT2D eigenvalue weighted by molar-refractivity contribution is 7.87. The van der Waals surface area contributed by atoms with Crippen LogP contribution in [0.4, 0.5) is 0 Å². The van der Waals surface area contributed by atoms with Crippen LogP contribution >= 0.6 is 0 Å². The molecule has 1 fully saturated rings. The third kappa shape index (κ3) is 4.70. The summed E-state index contributed by atoms with van der Waals surface area (Å²) in [4.78, 5) is 10.9. The van der Waals surface area contributed by atoms with Crippen molar-refractivity contribution in [2.45, 2.75) is 38.5 Å². The molecule has 1 aromatic carbocycles. The average Bonchev–Trinajstić information content (AvgIpc) is 2.49. The van der Waals surface area contributed by atoms with Crippen molar-refractivity contribution in [3.63, 3.8) is 0 Å². The fourth-order valence-corrected chi connectivity index (χ4v) is 4.44. The van der Waals surface area contributed by atoms with Crippen LogP contribution in [0.3, 0.4) is 0 Å². The summed E-state index contributed by atoms with van der Waals surface area (Å²) in [6, 6.07) is 8.29. The predicted molar refractivity (Wildman–Crippen MR) is 83.3 cm³/mol. The summed E-state index contributed by atoms with van der Waals surface area (Å²) in [5.74, 6) is -1.42. The Morgan fingerprint density at radius 3 is 2.52 bits per heavy atom. The summed E-state index contributed by atoms with van der Waals surface area (Å²) in [6.45, 7) is 0. The van der Waals surface area contributed by atoms with Crippen molar-refractivity contribution in [2.24, 2.45) is 5.41 Å². The zero-order chi connectivity index (χ0) is 16.9. The van der Waals surface area contributed by atoms with E-state index in [9.17, 15) is 18.5 Å². The van der Waals surface area contributed by atoms with E-state index >= 15 is 0 Å². The third-order valence-electron chi connectivity index (χ3n) is 4.03. The monoisotopic (exact) mass is 337 g/mol. The molecule has 0 spiro atoms. The molecule has 1 N–H and O–H groups in total. The first-order valence-electron chi connectivity index (χ1n) is 7.49. The lowest BCUT2D eigenvalue weighted by atomic mass is 9.77. The van der Waals surface area contributed by atoms with Gasteiger partial charge < -0.3 is 9.29 Å². The van der Waals surface area contributed by atoms with E-state index in [1.54, 1.807) is 12.1 Å². The highest BCUT2D eigenvalue weighted by atomic mass is 32.2. The van der Waals surface area contributed by atoms with Gasteiger partial charge in [-0.1, -0.05) is 37.5 Å². The van der Waals surface area contributed by atoms with Gasteiger partial charge in [-0.2, -0.15) is 13.7 Å². The van der Waals surface area contributed by atoms with Crippen LogP contribution in [0.2, 0.25) is 0 Å². The lowest BCUT2D eigenvalue weighted by molar-refractivity contribution is -0.136. The maximum atomic E-state index is 12.3. The van der Waals surface area contributed by atoms with Crippen molar-refractivity contribution in [1.29, 1.82) is 5.26 Å². The van der Waals surface area contributed by atoms with E-state index in [0.29, 0.717) is 18.4 Å². The van der Waals surface area contributed by atoms with Crippen LogP contribution in [0, 0.1) is 16.7 Å². The number of nitriles is 1. The number of para-hydroxylation sites is 1. The molecule has 0 aromatic heterocycles. The van der Waals surface area contributed by atoms with Gasteiger partial charge in [0.1, 0.15) is 11.5 Å². The van der Waals surface area contributed by atoms with Crippen LogP contribution in [0.25, 0.3) is 0 Å². The number of nitrogens with zero attached hydrogens (tertiary/aromatic N) is 1. The molecule has 7 heteroatoms. The minimum atomic E-state index is -3.98. The molecule has 0 aliphatic heterocycles. The number of hydrogen-bond donors (Lipinski definition) is 1. The molecule has 6 nitrogen and oxygen atoms in total. The number of benzene rings is 1. The summed E-state index contributed by atoms with van der Waals surface area (Å²) in [5.41, 5.74) is -0.614. The molecule has 1 aliphatic carbocycles. The van der Waals surface area contributed by atoms with Gasteiger partial charge in [0, 0.05) is 5.56 Å². The van der Waals surface area contributed by atoms with E-state index in [4.69, 9.17) is 9.29 Å². The fourth-order valence-electron chi connectivity index (χ4n) is 2.92. The molecule has 0 atom stereocenters. The van der Waals surface area contributed by atoms with E-state index in [1.165, 1.54) is 12.1 Å². The van der Waals surface area contributed by atoms with Crippen LogP contribution in [0.15, 0.2) is 24.3 Å². The van der Waals surface area contributed by atoms with Crippen molar-refractivity contribution in [3.8, 4) is 11.8 Å². The van der Waals surface area contributed by atoms with Gasteiger partial charge in [0.15, 0.2) is 0 Å². The lowest BCUT2D eigenvalue weighted by Gasteiger charge is -2.29. The number of rotatable bonds is 6. The van der Waals surface area contributed by atoms with Crippen LogP contribution < -0.4 is 4.18 Å². The molecule has 0 amide bonds. The molecule has 1 aliphatic rings. The van der Waals surface area contributed by atoms with E-state index in [1.807, 2.05) is 0 Å². The van der Waals surface area contributed by atoms with Crippen molar-refractivity contribution in [3.05, 3.63) is 29.8 Å². The summed E-state index contributed by atoms with van der Waals surface area (Å²) >= 11 is 0. The molecule has 0 heterocycles. The van der Waals surface area contributed by atoms with Gasteiger partial charge >= 0.3 is 16.1 Å². The highest BCUT2D eigenvalue weighted by Crippen LogP contribution is 2.37. The highest BCUT2D eigenvalue weighted by Gasteiger charge is 2.38. The number of aliphatic carboxylic acids is 1. The Kier molecular flexibility index (Phi) is 5.26.